The Bertz CT molecular complexity index is 866. The number of anilines is 1. The van der Waals surface area contributed by atoms with E-state index in [1.807, 2.05) is 17.5 Å². The van der Waals surface area contributed by atoms with Crippen LogP contribution in [-0.2, 0) is 0 Å². The number of imidazole rings is 1. The van der Waals surface area contributed by atoms with Gasteiger partial charge in [0.25, 0.3) is 5.91 Å². The van der Waals surface area contributed by atoms with E-state index >= 15 is 0 Å². The molecule has 3 rings (SSSR count). The van der Waals surface area contributed by atoms with Gasteiger partial charge in [-0.2, -0.15) is 0 Å². The number of fused-ring (bicyclic) bond motifs is 1. The van der Waals surface area contributed by atoms with Crippen molar-refractivity contribution < 1.29 is 14.7 Å². The van der Waals surface area contributed by atoms with Crippen molar-refractivity contribution in [1.82, 2.24) is 9.38 Å². The monoisotopic (exact) mass is 295 g/mol. The zero-order valence-corrected chi connectivity index (χ0v) is 11.8. The van der Waals surface area contributed by atoms with Gasteiger partial charge in [-0.25, -0.2) is 9.78 Å². The molecule has 0 aliphatic carbocycles. The van der Waals surface area contributed by atoms with Gasteiger partial charge in [0.15, 0.2) is 0 Å². The first kappa shape index (κ1) is 13.8. The van der Waals surface area contributed by atoms with Gasteiger partial charge in [-0.3, -0.25) is 4.79 Å². The lowest BCUT2D eigenvalue weighted by Gasteiger charge is -2.06. The van der Waals surface area contributed by atoms with E-state index in [4.69, 9.17) is 5.11 Å². The minimum absolute atomic E-state index is 0.173. The first-order valence-corrected chi connectivity index (χ1v) is 6.63. The number of nitrogens with zero attached hydrogens (tertiary/aromatic N) is 2. The van der Waals surface area contributed by atoms with Crippen molar-refractivity contribution in [2.24, 2.45) is 0 Å². The fourth-order valence-electron chi connectivity index (χ4n) is 2.15. The van der Waals surface area contributed by atoms with Crippen molar-refractivity contribution in [2.45, 2.75) is 6.92 Å². The Hall–Kier alpha value is -3.15. The third kappa shape index (κ3) is 2.67. The number of nitrogens with one attached hydrogen (secondary N) is 1. The third-order valence-corrected chi connectivity index (χ3v) is 3.23. The maximum absolute atomic E-state index is 12.2. The van der Waals surface area contributed by atoms with Crippen LogP contribution >= 0.6 is 0 Å². The maximum atomic E-state index is 12.2. The highest BCUT2D eigenvalue weighted by molar-refractivity contribution is 6.05. The van der Waals surface area contributed by atoms with E-state index in [0.29, 0.717) is 16.9 Å². The molecule has 1 aromatic carbocycles. The Morgan fingerprint density at radius 2 is 1.86 bits per heavy atom. The quantitative estimate of drug-likeness (QED) is 0.778. The summed E-state index contributed by atoms with van der Waals surface area (Å²) in [6.45, 7) is 1.89. The molecule has 1 amide bonds. The van der Waals surface area contributed by atoms with Crippen LogP contribution in [0.2, 0.25) is 0 Å². The number of carbonyl (C=O) groups excluding carboxylic acids is 1. The van der Waals surface area contributed by atoms with Crippen molar-refractivity contribution in [1.29, 1.82) is 0 Å². The zero-order valence-electron chi connectivity index (χ0n) is 11.8. The number of carbonyl (C=O) groups is 2. The number of rotatable bonds is 3. The lowest BCUT2D eigenvalue weighted by Crippen LogP contribution is -2.12. The molecule has 2 aromatic heterocycles. The highest BCUT2D eigenvalue weighted by Crippen LogP contribution is 2.13. The van der Waals surface area contributed by atoms with Crippen LogP contribution < -0.4 is 5.32 Å². The van der Waals surface area contributed by atoms with Crippen LogP contribution in [0.3, 0.4) is 0 Å². The predicted molar refractivity (Wildman–Crippen MR) is 81.3 cm³/mol. The van der Waals surface area contributed by atoms with Gasteiger partial charge in [0, 0.05) is 23.6 Å². The summed E-state index contributed by atoms with van der Waals surface area (Å²) >= 11 is 0. The van der Waals surface area contributed by atoms with Gasteiger partial charge in [0.1, 0.15) is 5.65 Å². The minimum Gasteiger partial charge on any atom is -0.478 e. The van der Waals surface area contributed by atoms with E-state index in [-0.39, 0.29) is 11.5 Å². The second kappa shape index (κ2) is 5.33. The summed E-state index contributed by atoms with van der Waals surface area (Å²) in [5.74, 6) is -1.27. The van der Waals surface area contributed by atoms with Crippen LogP contribution in [0.5, 0.6) is 0 Å². The summed E-state index contributed by atoms with van der Waals surface area (Å²) in [6, 6.07) is 9.40. The molecular formula is C16H13N3O3. The second-order valence-electron chi connectivity index (χ2n) is 4.90. The van der Waals surface area contributed by atoms with Crippen LogP contribution in [0.4, 0.5) is 5.69 Å². The van der Waals surface area contributed by atoms with Crippen LogP contribution in [0.25, 0.3) is 5.65 Å². The molecule has 0 radical (unpaired) electrons. The Balaban J connectivity index is 1.81. The number of hydrogen-bond acceptors (Lipinski definition) is 3. The molecule has 0 saturated heterocycles. The van der Waals surface area contributed by atoms with Crippen molar-refractivity contribution in [3.63, 3.8) is 0 Å². The number of aryl methyl sites for hydroxylation is 1. The first-order valence-electron chi connectivity index (χ1n) is 6.63. The Kier molecular flexibility index (Phi) is 3.34. The summed E-state index contributed by atoms with van der Waals surface area (Å²) in [6.07, 6.45) is 3.65. The van der Waals surface area contributed by atoms with Gasteiger partial charge in [-0.05, 0) is 43.3 Å². The average Bonchev–Trinajstić information content (AvgIpc) is 2.86. The lowest BCUT2D eigenvalue weighted by molar-refractivity contribution is 0.0696. The highest BCUT2D eigenvalue weighted by Gasteiger charge is 2.09. The van der Waals surface area contributed by atoms with Gasteiger partial charge in [0.2, 0.25) is 0 Å². The molecule has 0 fully saturated rings. The predicted octanol–water partition coefficient (Wildman–Crippen LogP) is 2.59. The number of hydrogen-bond donors (Lipinski definition) is 2. The number of carboxylic acids is 1. The fraction of sp³-hybridized carbons (Fsp3) is 0.0625. The number of aromatic nitrogens is 2. The number of aromatic carboxylic acids is 1. The van der Waals surface area contributed by atoms with Gasteiger partial charge >= 0.3 is 5.97 Å². The van der Waals surface area contributed by atoms with Crippen LogP contribution in [0.15, 0.2) is 48.8 Å². The Labute approximate surface area is 126 Å². The zero-order chi connectivity index (χ0) is 15.7. The summed E-state index contributed by atoms with van der Waals surface area (Å²) in [7, 11) is 0. The molecular weight excluding hydrogens is 282 g/mol. The SMILES string of the molecule is Cc1cn2ccc(C(=O)Nc3ccc(C(=O)O)cc3)cc2n1. The third-order valence-electron chi connectivity index (χ3n) is 3.23. The fourth-order valence-corrected chi connectivity index (χ4v) is 2.15. The van der Waals surface area contributed by atoms with Gasteiger partial charge in [0.05, 0.1) is 11.3 Å². The molecule has 0 aliphatic rings. The van der Waals surface area contributed by atoms with Crippen LogP contribution in [0, 0.1) is 6.92 Å². The summed E-state index contributed by atoms with van der Waals surface area (Å²) in [4.78, 5) is 27.3. The van der Waals surface area contributed by atoms with Crippen molar-refractivity contribution >= 4 is 23.2 Å². The molecule has 0 atom stereocenters. The maximum Gasteiger partial charge on any atom is 0.335 e. The molecule has 0 aliphatic heterocycles. The van der Waals surface area contributed by atoms with Crippen molar-refractivity contribution in [3.8, 4) is 0 Å². The van der Waals surface area contributed by atoms with E-state index in [9.17, 15) is 9.59 Å². The van der Waals surface area contributed by atoms with E-state index < -0.39 is 5.97 Å². The van der Waals surface area contributed by atoms with Crippen LogP contribution in [0.1, 0.15) is 26.4 Å². The molecule has 2 N–H and O–H groups in total. The molecule has 2 heterocycles. The number of carboxylic acid groups (broad SMARTS) is 1. The summed E-state index contributed by atoms with van der Waals surface area (Å²) < 4.78 is 1.84. The standard InChI is InChI=1S/C16H13N3O3/c1-10-9-19-7-6-12(8-14(19)17-10)15(20)18-13-4-2-11(3-5-13)16(21)22/h2-9H,1H3,(H,18,20)(H,21,22). The molecule has 0 spiro atoms. The summed E-state index contributed by atoms with van der Waals surface area (Å²) in [5, 5.41) is 11.6. The molecule has 6 nitrogen and oxygen atoms in total. The van der Waals surface area contributed by atoms with E-state index in [1.165, 1.54) is 12.1 Å². The minimum atomic E-state index is -1.00. The van der Waals surface area contributed by atoms with E-state index in [0.717, 1.165) is 5.69 Å². The average molecular weight is 295 g/mol. The van der Waals surface area contributed by atoms with Gasteiger partial charge in [-0.1, -0.05) is 0 Å². The normalized spacial score (nSPS) is 10.6. The van der Waals surface area contributed by atoms with Gasteiger partial charge < -0.3 is 14.8 Å². The molecule has 0 bridgehead atoms. The number of pyridine rings is 1. The second-order valence-corrected chi connectivity index (χ2v) is 4.90. The van der Waals surface area contributed by atoms with E-state index in [2.05, 4.69) is 10.3 Å². The summed E-state index contributed by atoms with van der Waals surface area (Å²) in [5.41, 5.74) is 2.77. The highest BCUT2D eigenvalue weighted by atomic mass is 16.4. The smallest absolute Gasteiger partial charge is 0.335 e. The molecule has 110 valence electrons. The largest absolute Gasteiger partial charge is 0.478 e. The Morgan fingerprint density at radius 3 is 2.55 bits per heavy atom. The van der Waals surface area contributed by atoms with Crippen molar-refractivity contribution in [2.75, 3.05) is 5.32 Å². The molecule has 22 heavy (non-hydrogen) atoms. The number of benzene rings is 1. The van der Waals surface area contributed by atoms with Crippen LogP contribution in [-0.4, -0.2) is 26.4 Å². The lowest BCUT2D eigenvalue weighted by atomic mass is 10.2. The molecule has 0 saturated carbocycles. The van der Waals surface area contributed by atoms with Gasteiger partial charge in [-0.15, -0.1) is 0 Å². The number of amides is 1. The molecule has 3 aromatic rings. The Morgan fingerprint density at radius 1 is 1.14 bits per heavy atom. The molecule has 0 unspecified atom stereocenters. The first-order chi connectivity index (χ1) is 10.5. The van der Waals surface area contributed by atoms with Crippen molar-refractivity contribution in [3.05, 3.63) is 65.6 Å². The van der Waals surface area contributed by atoms with E-state index in [1.54, 1.807) is 30.5 Å². The topological polar surface area (TPSA) is 83.7 Å². The molecule has 6 heteroatoms.